The van der Waals surface area contributed by atoms with Crippen molar-refractivity contribution in [3.8, 4) is 0 Å². The topological polar surface area (TPSA) is 26.3 Å². The molecular formula is C10H7F3O2. The van der Waals surface area contributed by atoms with Crippen LogP contribution in [0.3, 0.4) is 0 Å². The first-order valence-electron chi connectivity index (χ1n) is 4.29. The van der Waals surface area contributed by atoms with Crippen molar-refractivity contribution in [1.29, 1.82) is 0 Å². The Labute approximate surface area is 83.7 Å². The van der Waals surface area contributed by atoms with Gasteiger partial charge in [0.1, 0.15) is 6.61 Å². The Morgan fingerprint density at radius 2 is 1.93 bits per heavy atom. The maximum atomic E-state index is 12.3. The predicted molar refractivity (Wildman–Crippen MR) is 45.4 cm³/mol. The molecule has 0 aromatic heterocycles. The molecule has 1 aromatic rings. The third-order valence-electron chi connectivity index (χ3n) is 2.22. The lowest BCUT2D eigenvalue weighted by molar-refractivity contribution is -0.137. The Balaban J connectivity index is 2.46. The minimum absolute atomic E-state index is 0.0572. The molecule has 1 aliphatic rings. The van der Waals surface area contributed by atoms with Crippen LogP contribution in [0.2, 0.25) is 0 Å². The molecule has 0 saturated carbocycles. The van der Waals surface area contributed by atoms with Gasteiger partial charge in [0.05, 0.1) is 12.2 Å². The van der Waals surface area contributed by atoms with Gasteiger partial charge in [0.15, 0.2) is 5.78 Å². The second kappa shape index (κ2) is 3.34. The number of alkyl halides is 3. The van der Waals surface area contributed by atoms with Crippen molar-refractivity contribution in [1.82, 2.24) is 0 Å². The van der Waals surface area contributed by atoms with Gasteiger partial charge in [0, 0.05) is 5.56 Å². The minimum atomic E-state index is -4.38. The van der Waals surface area contributed by atoms with Gasteiger partial charge in [-0.15, -0.1) is 0 Å². The van der Waals surface area contributed by atoms with Crippen LogP contribution in [0.4, 0.5) is 13.2 Å². The first-order chi connectivity index (χ1) is 6.98. The summed E-state index contributed by atoms with van der Waals surface area (Å²) in [5.74, 6) is -0.273. The molecule has 2 rings (SSSR count). The summed E-state index contributed by atoms with van der Waals surface area (Å²) in [7, 11) is 0. The van der Waals surface area contributed by atoms with Gasteiger partial charge in [-0.3, -0.25) is 4.79 Å². The van der Waals surface area contributed by atoms with E-state index in [1.807, 2.05) is 0 Å². The molecule has 2 nitrogen and oxygen atoms in total. The van der Waals surface area contributed by atoms with Gasteiger partial charge < -0.3 is 4.74 Å². The van der Waals surface area contributed by atoms with E-state index in [4.69, 9.17) is 4.74 Å². The average Bonchev–Trinajstić information content (AvgIpc) is 2.16. The maximum absolute atomic E-state index is 12.3. The van der Waals surface area contributed by atoms with E-state index in [-0.39, 0.29) is 19.0 Å². The fourth-order valence-electron chi connectivity index (χ4n) is 1.49. The van der Waals surface area contributed by atoms with Gasteiger partial charge in [0.25, 0.3) is 0 Å². The number of ether oxygens (including phenoxy) is 1. The molecule has 0 unspecified atom stereocenters. The lowest BCUT2D eigenvalue weighted by atomic mass is 9.99. The largest absolute Gasteiger partial charge is 0.416 e. The van der Waals surface area contributed by atoms with E-state index >= 15 is 0 Å². The lowest BCUT2D eigenvalue weighted by Crippen LogP contribution is -2.19. The quantitative estimate of drug-likeness (QED) is 0.665. The molecule has 1 aromatic carbocycles. The van der Waals surface area contributed by atoms with E-state index in [2.05, 4.69) is 0 Å². The van der Waals surface area contributed by atoms with E-state index in [9.17, 15) is 18.0 Å². The zero-order chi connectivity index (χ0) is 11.1. The van der Waals surface area contributed by atoms with E-state index in [1.54, 1.807) is 0 Å². The molecule has 15 heavy (non-hydrogen) atoms. The van der Waals surface area contributed by atoms with Gasteiger partial charge in [-0.05, 0) is 17.7 Å². The zero-order valence-electron chi connectivity index (χ0n) is 7.60. The highest BCUT2D eigenvalue weighted by Gasteiger charge is 2.32. The maximum Gasteiger partial charge on any atom is 0.416 e. The standard InChI is InChI=1S/C10H7F3O2/c11-10(12,13)7-1-2-8-6(3-7)4-15-5-9(8)14/h1-3H,4-5H2. The number of rotatable bonds is 0. The van der Waals surface area contributed by atoms with Gasteiger partial charge in [-0.1, -0.05) is 6.07 Å². The van der Waals surface area contributed by atoms with Gasteiger partial charge in [-0.2, -0.15) is 13.2 Å². The molecule has 0 aliphatic carbocycles. The van der Waals surface area contributed by atoms with E-state index in [0.717, 1.165) is 12.1 Å². The Morgan fingerprint density at radius 3 is 2.60 bits per heavy atom. The first kappa shape index (κ1) is 10.2. The second-order valence-corrected chi connectivity index (χ2v) is 3.29. The third kappa shape index (κ3) is 1.87. The molecule has 0 fully saturated rings. The third-order valence-corrected chi connectivity index (χ3v) is 2.22. The summed E-state index contributed by atoms with van der Waals surface area (Å²) >= 11 is 0. The number of halogens is 3. The Kier molecular flexibility index (Phi) is 2.26. The minimum Gasteiger partial charge on any atom is -0.369 e. The highest BCUT2D eigenvalue weighted by Crippen LogP contribution is 2.31. The van der Waals surface area contributed by atoms with Crippen molar-refractivity contribution in [2.75, 3.05) is 6.61 Å². The van der Waals surface area contributed by atoms with Crippen LogP contribution in [-0.4, -0.2) is 12.4 Å². The van der Waals surface area contributed by atoms with Crippen LogP contribution in [0.15, 0.2) is 18.2 Å². The van der Waals surface area contributed by atoms with Crippen LogP contribution in [0.1, 0.15) is 21.5 Å². The molecule has 0 radical (unpaired) electrons. The van der Waals surface area contributed by atoms with Crippen LogP contribution in [-0.2, 0) is 17.5 Å². The van der Waals surface area contributed by atoms with Gasteiger partial charge in [-0.25, -0.2) is 0 Å². The van der Waals surface area contributed by atoms with Crippen molar-refractivity contribution in [2.24, 2.45) is 0 Å². The fraction of sp³-hybridized carbons (Fsp3) is 0.300. The summed E-state index contributed by atoms with van der Waals surface area (Å²) in [5.41, 5.74) is -0.116. The molecule has 5 heteroatoms. The zero-order valence-corrected chi connectivity index (χ0v) is 7.60. The molecule has 1 aliphatic heterocycles. The number of hydrogen-bond donors (Lipinski definition) is 0. The summed E-state index contributed by atoms with van der Waals surface area (Å²) in [6.45, 7) is 0.00333. The average molecular weight is 216 g/mol. The molecule has 0 amide bonds. The molecule has 0 spiro atoms. The van der Waals surface area contributed by atoms with Crippen molar-refractivity contribution in [2.45, 2.75) is 12.8 Å². The summed E-state index contributed by atoms with van der Waals surface area (Å²) in [6.07, 6.45) is -4.38. The normalized spacial score (nSPS) is 16.3. The SMILES string of the molecule is O=C1COCc2cc(C(F)(F)F)ccc21. The molecule has 80 valence electrons. The fourth-order valence-corrected chi connectivity index (χ4v) is 1.49. The van der Waals surface area contributed by atoms with Crippen molar-refractivity contribution in [3.05, 3.63) is 34.9 Å². The number of carbonyl (C=O) groups is 1. The lowest BCUT2D eigenvalue weighted by Gasteiger charge is -2.17. The highest BCUT2D eigenvalue weighted by molar-refractivity contribution is 5.99. The van der Waals surface area contributed by atoms with Crippen LogP contribution >= 0.6 is 0 Å². The number of ketones is 1. The Bertz CT molecular complexity index is 410. The summed E-state index contributed by atoms with van der Waals surface area (Å²) in [4.78, 5) is 11.2. The predicted octanol–water partition coefficient (Wildman–Crippen LogP) is 2.42. The monoisotopic (exact) mass is 216 g/mol. The number of benzene rings is 1. The smallest absolute Gasteiger partial charge is 0.369 e. The molecule has 0 N–H and O–H groups in total. The first-order valence-corrected chi connectivity index (χ1v) is 4.29. The van der Waals surface area contributed by atoms with Crippen molar-refractivity contribution < 1.29 is 22.7 Å². The Morgan fingerprint density at radius 1 is 1.20 bits per heavy atom. The number of carbonyl (C=O) groups excluding carboxylic acids is 1. The number of fused-ring (bicyclic) bond motifs is 1. The summed E-state index contributed by atoms with van der Waals surface area (Å²) in [5, 5.41) is 0. The molecule has 1 heterocycles. The number of Topliss-reactive ketones (excluding diaryl/α,β-unsaturated/α-hetero) is 1. The molecule has 0 bridgehead atoms. The van der Waals surface area contributed by atoms with Crippen molar-refractivity contribution in [3.63, 3.8) is 0 Å². The van der Waals surface area contributed by atoms with Crippen LogP contribution in [0.5, 0.6) is 0 Å². The highest BCUT2D eigenvalue weighted by atomic mass is 19.4. The summed E-state index contributed by atoms with van der Waals surface area (Å²) < 4.78 is 41.8. The van der Waals surface area contributed by atoms with Gasteiger partial charge in [0.2, 0.25) is 0 Å². The van der Waals surface area contributed by atoms with Crippen molar-refractivity contribution >= 4 is 5.78 Å². The van der Waals surface area contributed by atoms with Crippen LogP contribution in [0, 0.1) is 0 Å². The van der Waals surface area contributed by atoms with Gasteiger partial charge >= 0.3 is 6.18 Å². The van der Waals surface area contributed by atoms with Crippen LogP contribution in [0.25, 0.3) is 0 Å². The summed E-state index contributed by atoms with van der Waals surface area (Å²) in [6, 6.07) is 3.09. The Hall–Kier alpha value is -1.36. The second-order valence-electron chi connectivity index (χ2n) is 3.29. The molecular weight excluding hydrogens is 209 g/mol. The molecule has 0 atom stereocenters. The van der Waals surface area contributed by atoms with E-state index in [1.165, 1.54) is 6.07 Å². The molecule has 0 saturated heterocycles. The van der Waals surface area contributed by atoms with Crippen LogP contribution < -0.4 is 0 Å². The van der Waals surface area contributed by atoms with E-state index < -0.39 is 11.7 Å². The number of hydrogen-bond acceptors (Lipinski definition) is 2. The van der Waals surface area contributed by atoms with E-state index in [0.29, 0.717) is 11.1 Å².